The van der Waals surface area contributed by atoms with Gasteiger partial charge in [0.15, 0.2) is 0 Å². The smallest absolute Gasteiger partial charge is 0.129 e. The van der Waals surface area contributed by atoms with E-state index in [1.54, 1.807) is 12.1 Å². The van der Waals surface area contributed by atoms with Crippen LogP contribution in [0.15, 0.2) is 66.7 Å². The summed E-state index contributed by atoms with van der Waals surface area (Å²) in [5.41, 5.74) is 3.44. The van der Waals surface area contributed by atoms with Crippen LogP contribution in [-0.4, -0.2) is 6.61 Å². The lowest BCUT2D eigenvalue weighted by Gasteiger charge is -2.29. The van der Waals surface area contributed by atoms with Gasteiger partial charge in [-0.25, -0.2) is 8.78 Å². The van der Waals surface area contributed by atoms with Crippen LogP contribution in [0.2, 0.25) is 0 Å². The van der Waals surface area contributed by atoms with Crippen molar-refractivity contribution in [3.05, 3.63) is 101 Å². The predicted molar refractivity (Wildman–Crippen MR) is 126 cm³/mol. The fraction of sp³-hybridized carbons (Fsp3) is 0.379. The lowest BCUT2D eigenvalue weighted by Crippen LogP contribution is -2.13. The van der Waals surface area contributed by atoms with Crippen LogP contribution < -0.4 is 4.74 Å². The molecule has 0 bridgehead atoms. The molecule has 3 aromatic carbocycles. The first-order valence-electron chi connectivity index (χ1n) is 11.8. The highest BCUT2D eigenvalue weighted by molar-refractivity contribution is 5.33. The number of rotatable bonds is 7. The first-order chi connectivity index (χ1) is 15.5. The zero-order valence-electron chi connectivity index (χ0n) is 19.0. The molecule has 1 fully saturated rings. The Bertz CT molecular complexity index is 982. The quantitative estimate of drug-likeness (QED) is 0.364. The summed E-state index contributed by atoms with van der Waals surface area (Å²) in [4.78, 5) is 0. The van der Waals surface area contributed by atoms with Gasteiger partial charge in [0.05, 0.1) is 6.61 Å². The minimum absolute atomic E-state index is 0.0654. The summed E-state index contributed by atoms with van der Waals surface area (Å²) in [5.74, 6) is 0.877. The highest BCUT2D eigenvalue weighted by atomic mass is 19.1. The van der Waals surface area contributed by atoms with Crippen molar-refractivity contribution in [1.82, 2.24) is 0 Å². The Labute approximate surface area is 190 Å². The van der Waals surface area contributed by atoms with E-state index < -0.39 is 11.6 Å². The van der Waals surface area contributed by atoms with E-state index in [1.807, 2.05) is 56.3 Å². The summed E-state index contributed by atoms with van der Waals surface area (Å²) in [6, 6.07) is 21.4. The molecule has 0 aliphatic heterocycles. The van der Waals surface area contributed by atoms with E-state index in [0.717, 1.165) is 42.6 Å². The summed E-state index contributed by atoms with van der Waals surface area (Å²) in [6.07, 6.45) is 4.35. The minimum atomic E-state index is -0.406. The second kappa shape index (κ2) is 10.3. The van der Waals surface area contributed by atoms with Crippen LogP contribution in [0.4, 0.5) is 8.78 Å². The molecule has 1 saturated carbocycles. The second-order valence-corrected chi connectivity index (χ2v) is 9.03. The van der Waals surface area contributed by atoms with E-state index in [0.29, 0.717) is 18.9 Å². The third-order valence-corrected chi connectivity index (χ3v) is 6.90. The molecule has 0 saturated heterocycles. The number of benzene rings is 3. The third-order valence-electron chi connectivity index (χ3n) is 6.90. The van der Waals surface area contributed by atoms with Crippen LogP contribution in [0.1, 0.15) is 79.5 Å². The van der Waals surface area contributed by atoms with Crippen molar-refractivity contribution in [1.29, 1.82) is 0 Å². The third kappa shape index (κ3) is 5.20. The van der Waals surface area contributed by atoms with E-state index in [2.05, 4.69) is 12.1 Å². The molecular weight excluding hydrogens is 402 g/mol. The molecular formula is C29H32F2O. The molecule has 0 N–H and O–H groups in total. The molecule has 1 nitrogen and oxygen atoms in total. The number of hydrogen-bond acceptors (Lipinski definition) is 1. The van der Waals surface area contributed by atoms with Gasteiger partial charge in [-0.05, 0) is 97.7 Å². The lowest BCUT2D eigenvalue weighted by atomic mass is 9.76. The van der Waals surface area contributed by atoms with E-state index in [9.17, 15) is 8.78 Å². The number of ether oxygens (including phenoxy) is 1. The van der Waals surface area contributed by atoms with Crippen molar-refractivity contribution in [2.45, 2.75) is 63.7 Å². The fourth-order valence-electron chi connectivity index (χ4n) is 5.02. The first kappa shape index (κ1) is 22.5. The van der Waals surface area contributed by atoms with Crippen molar-refractivity contribution >= 4 is 0 Å². The van der Waals surface area contributed by atoms with Gasteiger partial charge in [-0.3, -0.25) is 0 Å². The molecule has 0 aromatic heterocycles. The minimum Gasteiger partial charge on any atom is -0.494 e. The Hall–Kier alpha value is -2.68. The maximum Gasteiger partial charge on any atom is 0.129 e. The molecule has 1 unspecified atom stereocenters. The zero-order chi connectivity index (χ0) is 22.5. The van der Waals surface area contributed by atoms with Gasteiger partial charge in [-0.15, -0.1) is 0 Å². The van der Waals surface area contributed by atoms with E-state index in [1.165, 1.54) is 5.56 Å². The molecule has 1 aliphatic rings. The number of halogens is 2. The van der Waals surface area contributed by atoms with Crippen molar-refractivity contribution in [3.8, 4) is 5.75 Å². The van der Waals surface area contributed by atoms with Crippen molar-refractivity contribution in [2.24, 2.45) is 0 Å². The van der Waals surface area contributed by atoms with Gasteiger partial charge in [0.25, 0.3) is 0 Å². The largest absolute Gasteiger partial charge is 0.494 e. The van der Waals surface area contributed by atoms with Gasteiger partial charge >= 0.3 is 0 Å². The van der Waals surface area contributed by atoms with Crippen LogP contribution in [0.3, 0.4) is 0 Å². The normalized spacial score (nSPS) is 19.5. The molecule has 1 atom stereocenters. The SMILES string of the molecule is CCOc1ccc(C2CCC(c3cc(F)c(CC(C)c4ccccc4)c(F)c3)CC2)cc1. The van der Waals surface area contributed by atoms with Crippen LogP contribution in [0, 0.1) is 11.6 Å². The highest BCUT2D eigenvalue weighted by Crippen LogP contribution is 2.41. The summed E-state index contributed by atoms with van der Waals surface area (Å²) < 4.78 is 35.4. The standard InChI is InChI=1S/C29H32F2O/c1-3-32-26-15-13-23(14-16-26)22-9-11-24(12-10-22)25-18-28(30)27(29(31)19-25)17-20(2)21-7-5-4-6-8-21/h4-8,13-16,18-20,22,24H,3,9-12,17H2,1-2H3. The molecule has 0 spiro atoms. The Balaban J connectivity index is 1.40. The van der Waals surface area contributed by atoms with Gasteiger partial charge in [0, 0.05) is 5.56 Å². The highest BCUT2D eigenvalue weighted by Gasteiger charge is 2.25. The van der Waals surface area contributed by atoms with Crippen LogP contribution in [0.25, 0.3) is 0 Å². The second-order valence-electron chi connectivity index (χ2n) is 9.03. The maximum absolute atomic E-state index is 14.9. The van der Waals surface area contributed by atoms with E-state index in [4.69, 9.17) is 4.74 Å². The van der Waals surface area contributed by atoms with Crippen molar-refractivity contribution < 1.29 is 13.5 Å². The first-order valence-corrected chi connectivity index (χ1v) is 11.8. The molecule has 0 amide bonds. The summed E-state index contributed by atoms with van der Waals surface area (Å²) in [6.45, 7) is 4.67. The van der Waals surface area contributed by atoms with Gasteiger partial charge in [-0.2, -0.15) is 0 Å². The maximum atomic E-state index is 14.9. The molecule has 0 radical (unpaired) electrons. The van der Waals surface area contributed by atoms with Gasteiger partial charge in [0.2, 0.25) is 0 Å². The zero-order valence-corrected chi connectivity index (χ0v) is 19.0. The Morgan fingerprint density at radius 3 is 1.94 bits per heavy atom. The Kier molecular flexibility index (Phi) is 7.24. The summed E-state index contributed by atoms with van der Waals surface area (Å²) in [5, 5.41) is 0. The molecule has 0 heterocycles. The fourth-order valence-corrected chi connectivity index (χ4v) is 5.02. The molecule has 3 heteroatoms. The van der Waals surface area contributed by atoms with Crippen LogP contribution >= 0.6 is 0 Å². The monoisotopic (exact) mass is 434 g/mol. The molecule has 168 valence electrons. The van der Waals surface area contributed by atoms with E-state index >= 15 is 0 Å². The number of hydrogen-bond donors (Lipinski definition) is 0. The lowest BCUT2D eigenvalue weighted by molar-refractivity contribution is 0.339. The summed E-state index contributed by atoms with van der Waals surface area (Å²) >= 11 is 0. The summed E-state index contributed by atoms with van der Waals surface area (Å²) in [7, 11) is 0. The van der Waals surface area contributed by atoms with Gasteiger partial charge in [0.1, 0.15) is 17.4 Å². The van der Waals surface area contributed by atoms with Gasteiger partial charge in [-0.1, -0.05) is 49.4 Å². The predicted octanol–water partition coefficient (Wildman–Crippen LogP) is 8.15. The average molecular weight is 435 g/mol. The molecule has 1 aliphatic carbocycles. The molecule has 4 rings (SSSR count). The Morgan fingerprint density at radius 2 is 1.38 bits per heavy atom. The van der Waals surface area contributed by atoms with Gasteiger partial charge < -0.3 is 4.74 Å². The average Bonchev–Trinajstić information content (AvgIpc) is 2.82. The van der Waals surface area contributed by atoms with Crippen molar-refractivity contribution in [2.75, 3.05) is 6.61 Å². The van der Waals surface area contributed by atoms with E-state index in [-0.39, 0.29) is 17.4 Å². The van der Waals surface area contributed by atoms with Crippen LogP contribution in [-0.2, 0) is 6.42 Å². The molecule has 32 heavy (non-hydrogen) atoms. The molecule has 3 aromatic rings. The van der Waals surface area contributed by atoms with Crippen LogP contribution in [0.5, 0.6) is 5.75 Å². The van der Waals surface area contributed by atoms with Crippen molar-refractivity contribution in [3.63, 3.8) is 0 Å². The topological polar surface area (TPSA) is 9.23 Å². The Morgan fingerprint density at radius 1 is 0.812 bits per heavy atom.